The van der Waals surface area contributed by atoms with Gasteiger partial charge in [0.15, 0.2) is 5.15 Å². The first-order valence-corrected chi connectivity index (χ1v) is 11.2. The molecule has 0 aliphatic rings. The summed E-state index contributed by atoms with van der Waals surface area (Å²) < 4.78 is 6.14. The van der Waals surface area contributed by atoms with Gasteiger partial charge in [-0.3, -0.25) is 10.0 Å². The van der Waals surface area contributed by atoms with Gasteiger partial charge in [-0.15, -0.1) is 0 Å². The topological polar surface area (TPSA) is 83.5 Å². The summed E-state index contributed by atoms with van der Waals surface area (Å²) in [5.41, 5.74) is 4.78. The van der Waals surface area contributed by atoms with E-state index in [1.165, 1.54) is 0 Å². The molecule has 0 fully saturated rings. The van der Waals surface area contributed by atoms with E-state index in [-0.39, 0.29) is 0 Å². The van der Waals surface area contributed by atoms with Gasteiger partial charge >= 0.3 is 0 Å². The Morgan fingerprint density at radius 1 is 1.00 bits per heavy atom. The number of hydrogen-bond donors (Lipinski definition) is 3. The van der Waals surface area contributed by atoms with Crippen LogP contribution in [0.25, 0.3) is 16.8 Å². The number of aromatic nitrogens is 1. The van der Waals surface area contributed by atoms with Gasteiger partial charge in [0.25, 0.3) is 5.91 Å². The van der Waals surface area contributed by atoms with E-state index in [0.717, 1.165) is 33.3 Å². The van der Waals surface area contributed by atoms with Gasteiger partial charge in [-0.25, -0.2) is 10.5 Å². The van der Waals surface area contributed by atoms with Crippen LogP contribution in [-0.2, 0) is 0 Å². The number of carbonyl (C=O) groups excluding carboxylic acids is 1. The average Bonchev–Trinajstić information content (AvgIpc) is 2.88. The molecule has 1 heterocycles. The van der Waals surface area contributed by atoms with E-state index < -0.39 is 5.91 Å². The maximum absolute atomic E-state index is 11.6. The van der Waals surface area contributed by atoms with Crippen LogP contribution in [-0.4, -0.2) is 29.3 Å². The van der Waals surface area contributed by atoms with E-state index in [4.69, 9.17) is 21.5 Å². The van der Waals surface area contributed by atoms with E-state index in [2.05, 4.69) is 28.5 Å². The highest BCUT2D eigenvalue weighted by Crippen LogP contribution is 2.26. The van der Waals surface area contributed by atoms with E-state index in [1.807, 2.05) is 54.6 Å². The molecule has 1 amide bonds. The molecule has 0 atom stereocenters. The van der Waals surface area contributed by atoms with Gasteiger partial charge in [0.2, 0.25) is 0 Å². The third-order valence-electron chi connectivity index (χ3n) is 5.34. The number of fused-ring (bicyclic) bond motifs is 1. The van der Waals surface area contributed by atoms with Gasteiger partial charge in [0.1, 0.15) is 5.75 Å². The number of halogens is 1. The molecule has 3 N–H and O–H groups in total. The van der Waals surface area contributed by atoms with Crippen LogP contribution in [0.3, 0.4) is 0 Å². The largest absolute Gasteiger partial charge is 0.493 e. The second-order valence-corrected chi connectivity index (χ2v) is 7.99. The van der Waals surface area contributed by atoms with Crippen molar-refractivity contribution in [1.29, 1.82) is 0 Å². The number of hydroxylamine groups is 1. The molecule has 0 unspecified atom stereocenters. The van der Waals surface area contributed by atoms with Gasteiger partial charge in [-0.2, -0.15) is 0 Å². The Morgan fingerprint density at radius 2 is 1.79 bits per heavy atom. The molecule has 0 spiro atoms. The van der Waals surface area contributed by atoms with Crippen molar-refractivity contribution in [1.82, 2.24) is 10.5 Å². The second kappa shape index (κ2) is 11.3. The quantitative estimate of drug-likeness (QED) is 0.158. The Kier molecular flexibility index (Phi) is 7.75. The Balaban J connectivity index is 1.50. The van der Waals surface area contributed by atoms with Crippen molar-refractivity contribution in [2.45, 2.75) is 6.42 Å². The highest BCUT2D eigenvalue weighted by Gasteiger charge is 2.07. The smallest absolute Gasteiger partial charge is 0.274 e. The minimum atomic E-state index is -0.549. The number of nitrogens with one attached hydrogen (secondary N) is 2. The lowest BCUT2D eigenvalue weighted by molar-refractivity contribution is 0.0706. The molecule has 0 saturated carbocycles. The number of anilines is 1. The lowest BCUT2D eigenvalue weighted by atomic mass is 10.1. The summed E-state index contributed by atoms with van der Waals surface area (Å²) in [7, 11) is 0. The first-order valence-electron chi connectivity index (χ1n) is 10.8. The highest BCUT2D eigenvalue weighted by atomic mass is 35.5. The standard InChI is InChI=1S/C27H24ClN3O3/c28-26-24(8-4-15-29-26)30-18-20(17-19-10-12-22(13-11-19)27(32)31-33)14-16-34-25-9-3-6-21-5-1-2-7-23(21)25/h1-13,15,17,30,33H,14,16,18H2,(H,31,32). The van der Waals surface area contributed by atoms with Crippen molar-refractivity contribution < 1.29 is 14.7 Å². The molecule has 1 aromatic heterocycles. The number of rotatable bonds is 9. The minimum absolute atomic E-state index is 0.376. The molecule has 172 valence electrons. The van der Waals surface area contributed by atoms with Crippen LogP contribution < -0.4 is 15.5 Å². The molecule has 4 rings (SSSR count). The molecule has 7 heteroatoms. The monoisotopic (exact) mass is 473 g/mol. The van der Waals surface area contributed by atoms with Crippen molar-refractivity contribution >= 4 is 40.0 Å². The third-order valence-corrected chi connectivity index (χ3v) is 5.64. The molecule has 0 aliphatic heterocycles. The zero-order chi connectivity index (χ0) is 23.8. The van der Waals surface area contributed by atoms with Crippen LogP contribution in [0.4, 0.5) is 5.69 Å². The zero-order valence-electron chi connectivity index (χ0n) is 18.4. The lowest BCUT2D eigenvalue weighted by Gasteiger charge is -2.14. The van der Waals surface area contributed by atoms with Gasteiger partial charge in [0.05, 0.1) is 12.3 Å². The van der Waals surface area contributed by atoms with E-state index in [9.17, 15) is 4.79 Å². The highest BCUT2D eigenvalue weighted by molar-refractivity contribution is 6.31. The van der Waals surface area contributed by atoms with Crippen molar-refractivity contribution in [3.05, 3.63) is 107 Å². The summed E-state index contributed by atoms with van der Waals surface area (Å²) in [4.78, 5) is 15.7. The fourth-order valence-electron chi connectivity index (χ4n) is 3.58. The summed E-state index contributed by atoms with van der Waals surface area (Å²) in [6.45, 7) is 1.04. The Hall–Kier alpha value is -3.87. The Labute approximate surface area is 202 Å². The zero-order valence-corrected chi connectivity index (χ0v) is 19.1. The SMILES string of the molecule is O=C(NO)c1ccc(C=C(CCOc2cccc3ccccc23)CNc2cccnc2Cl)cc1. The number of pyridine rings is 1. The normalized spacial score (nSPS) is 11.3. The Bertz CT molecular complexity index is 1300. The van der Waals surface area contributed by atoms with Crippen molar-refractivity contribution in [3.63, 3.8) is 0 Å². The van der Waals surface area contributed by atoms with Gasteiger partial charge in [-0.1, -0.05) is 66.2 Å². The molecule has 34 heavy (non-hydrogen) atoms. The number of ether oxygens (including phenoxy) is 1. The number of benzene rings is 3. The first kappa shape index (κ1) is 23.3. The molecule has 6 nitrogen and oxygen atoms in total. The average molecular weight is 474 g/mol. The van der Waals surface area contributed by atoms with Gasteiger partial charge in [-0.05, 0) is 46.9 Å². The number of carbonyl (C=O) groups is 1. The summed E-state index contributed by atoms with van der Waals surface area (Å²) in [6.07, 6.45) is 4.36. The fraction of sp³-hybridized carbons (Fsp3) is 0.111. The maximum Gasteiger partial charge on any atom is 0.274 e. The van der Waals surface area contributed by atoms with E-state index >= 15 is 0 Å². The fourth-order valence-corrected chi connectivity index (χ4v) is 3.77. The van der Waals surface area contributed by atoms with Crippen molar-refractivity contribution in [2.75, 3.05) is 18.5 Å². The van der Waals surface area contributed by atoms with Crippen LogP contribution in [0.15, 0.2) is 90.6 Å². The summed E-state index contributed by atoms with van der Waals surface area (Å²) in [5, 5.41) is 14.8. The third kappa shape index (κ3) is 5.92. The Morgan fingerprint density at radius 3 is 2.59 bits per heavy atom. The van der Waals surface area contributed by atoms with Crippen molar-refractivity contribution in [2.24, 2.45) is 0 Å². The number of nitrogens with zero attached hydrogens (tertiary/aromatic N) is 1. The molecule has 0 aliphatic carbocycles. The van der Waals surface area contributed by atoms with E-state index in [1.54, 1.807) is 23.8 Å². The minimum Gasteiger partial charge on any atom is -0.493 e. The number of hydrogen-bond acceptors (Lipinski definition) is 5. The molecule has 4 aromatic rings. The van der Waals surface area contributed by atoms with Gasteiger partial charge < -0.3 is 10.1 Å². The second-order valence-electron chi connectivity index (χ2n) is 7.64. The maximum atomic E-state index is 11.6. The van der Waals surface area contributed by atoms with Crippen LogP contribution in [0.5, 0.6) is 5.75 Å². The predicted octanol–water partition coefficient (Wildman–Crippen LogP) is 5.97. The molecule has 0 saturated heterocycles. The molecular weight excluding hydrogens is 450 g/mol. The summed E-state index contributed by atoms with van der Waals surface area (Å²) in [5.74, 6) is 0.298. The van der Waals surface area contributed by atoms with Crippen LogP contribution in [0.2, 0.25) is 5.15 Å². The summed E-state index contributed by atoms with van der Waals surface area (Å²) >= 11 is 6.19. The molecule has 0 radical (unpaired) electrons. The summed E-state index contributed by atoms with van der Waals surface area (Å²) in [6, 6.07) is 24.8. The van der Waals surface area contributed by atoms with Crippen LogP contribution >= 0.6 is 11.6 Å². The van der Waals surface area contributed by atoms with Gasteiger partial charge in [0, 0.05) is 30.1 Å². The number of amides is 1. The van der Waals surface area contributed by atoms with Crippen LogP contribution in [0, 0.1) is 0 Å². The predicted molar refractivity (Wildman–Crippen MR) is 135 cm³/mol. The first-order chi connectivity index (χ1) is 16.6. The lowest BCUT2D eigenvalue weighted by Crippen LogP contribution is -2.18. The van der Waals surface area contributed by atoms with E-state index in [0.29, 0.717) is 30.3 Å². The van der Waals surface area contributed by atoms with Crippen LogP contribution in [0.1, 0.15) is 22.3 Å². The molecule has 3 aromatic carbocycles. The van der Waals surface area contributed by atoms with Crippen molar-refractivity contribution in [3.8, 4) is 5.75 Å². The molecule has 0 bridgehead atoms. The molecular formula is C27H24ClN3O3.